The highest BCUT2D eigenvalue weighted by molar-refractivity contribution is 5.92. The summed E-state index contributed by atoms with van der Waals surface area (Å²) in [6, 6.07) is 3.69. The lowest BCUT2D eigenvalue weighted by molar-refractivity contribution is -0.0784. The Kier molecular flexibility index (Phi) is 3.97. The summed E-state index contributed by atoms with van der Waals surface area (Å²) in [7, 11) is 1.60. The minimum atomic E-state index is -0.0951. The topological polar surface area (TPSA) is 60.5 Å². The van der Waals surface area contributed by atoms with Crippen molar-refractivity contribution >= 4 is 5.91 Å². The van der Waals surface area contributed by atoms with Crippen LogP contribution in [0.4, 0.5) is 0 Å². The van der Waals surface area contributed by atoms with Gasteiger partial charge in [0.1, 0.15) is 11.4 Å². The zero-order valence-electron chi connectivity index (χ0n) is 13.5. The van der Waals surface area contributed by atoms with Crippen molar-refractivity contribution in [2.24, 2.45) is 17.8 Å². The van der Waals surface area contributed by atoms with E-state index in [4.69, 9.17) is 9.47 Å². The second-order valence-corrected chi connectivity index (χ2v) is 6.99. The van der Waals surface area contributed by atoms with Gasteiger partial charge in [-0.15, -0.1) is 0 Å². The molecule has 2 heterocycles. The van der Waals surface area contributed by atoms with Crippen LogP contribution in [-0.4, -0.2) is 36.8 Å². The Morgan fingerprint density at radius 2 is 2.17 bits per heavy atom. The number of hydrogen-bond acceptors (Lipinski definition) is 4. The van der Waals surface area contributed by atoms with E-state index < -0.39 is 0 Å². The first-order valence-electron chi connectivity index (χ1n) is 8.70. The standard InChI is InChI=1S/C18H24N2O3/c1-22-12-6-8-19-14(10-12)18(21)20-16-13-7-9-23-17(13)15(16)11-4-2-3-5-11/h6,8,10-11,13,15-17H,2-5,7,9H2,1H3,(H,20,21)/t13-,15+,16+,17-/m0/s1. The van der Waals surface area contributed by atoms with Gasteiger partial charge in [0, 0.05) is 36.7 Å². The molecule has 23 heavy (non-hydrogen) atoms. The predicted molar refractivity (Wildman–Crippen MR) is 85.3 cm³/mol. The summed E-state index contributed by atoms with van der Waals surface area (Å²) in [6.07, 6.45) is 8.23. The minimum absolute atomic E-state index is 0.0951. The average Bonchev–Trinajstić information content (AvgIpc) is 3.23. The first-order valence-corrected chi connectivity index (χ1v) is 8.70. The van der Waals surface area contributed by atoms with Gasteiger partial charge in [-0.2, -0.15) is 0 Å². The molecular weight excluding hydrogens is 292 g/mol. The number of nitrogens with one attached hydrogen (secondary N) is 1. The Hall–Kier alpha value is -1.62. The van der Waals surface area contributed by atoms with Crippen molar-refractivity contribution in [3.63, 3.8) is 0 Å². The molecule has 1 N–H and O–H groups in total. The number of pyridine rings is 1. The van der Waals surface area contributed by atoms with E-state index in [1.54, 1.807) is 25.4 Å². The molecule has 124 valence electrons. The molecule has 1 aliphatic heterocycles. The molecule has 1 aromatic rings. The van der Waals surface area contributed by atoms with Crippen molar-refractivity contribution in [1.82, 2.24) is 10.3 Å². The molecule has 1 saturated heterocycles. The number of nitrogens with zero attached hydrogens (tertiary/aromatic N) is 1. The van der Waals surface area contributed by atoms with Gasteiger partial charge in [0.05, 0.1) is 13.2 Å². The van der Waals surface area contributed by atoms with E-state index in [9.17, 15) is 4.79 Å². The largest absolute Gasteiger partial charge is 0.497 e. The van der Waals surface area contributed by atoms with Crippen LogP contribution in [0.1, 0.15) is 42.6 Å². The Bertz CT molecular complexity index is 581. The number of amides is 1. The van der Waals surface area contributed by atoms with Crippen LogP contribution >= 0.6 is 0 Å². The molecule has 1 aromatic heterocycles. The zero-order chi connectivity index (χ0) is 15.8. The number of fused-ring (bicyclic) bond motifs is 1. The quantitative estimate of drug-likeness (QED) is 0.927. The Morgan fingerprint density at radius 1 is 1.35 bits per heavy atom. The minimum Gasteiger partial charge on any atom is -0.497 e. The molecule has 1 amide bonds. The van der Waals surface area contributed by atoms with Crippen LogP contribution in [0.15, 0.2) is 18.3 Å². The van der Waals surface area contributed by atoms with Gasteiger partial charge in [-0.3, -0.25) is 9.78 Å². The van der Waals surface area contributed by atoms with E-state index in [-0.39, 0.29) is 11.9 Å². The van der Waals surface area contributed by atoms with Crippen LogP contribution < -0.4 is 10.1 Å². The van der Waals surface area contributed by atoms with E-state index in [1.165, 1.54) is 25.7 Å². The fraction of sp³-hybridized carbons (Fsp3) is 0.667. The van der Waals surface area contributed by atoms with Gasteiger partial charge in [-0.25, -0.2) is 0 Å². The smallest absolute Gasteiger partial charge is 0.270 e. The van der Waals surface area contributed by atoms with Crippen LogP contribution in [0, 0.1) is 17.8 Å². The average molecular weight is 316 g/mol. The molecule has 0 bridgehead atoms. The number of carbonyl (C=O) groups excluding carboxylic acids is 1. The summed E-state index contributed by atoms with van der Waals surface area (Å²) in [5.41, 5.74) is 0.428. The van der Waals surface area contributed by atoms with Gasteiger partial charge in [0.15, 0.2) is 0 Å². The number of aromatic nitrogens is 1. The van der Waals surface area contributed by atoms with Gasteiger partial charge in [0.25, 0.3) is 5.91 Å². The highest BCUT2D eigenvalue weighted by atomic mass is 16.5. The second-order valence-electron chi connectivity index (χ2n) is 6.99. The SMILES string of the molecule is COc1ccnc(C(=O)N[C@@H]2[C@@H]3CCO[C@@H]3[C@@H]2C2CCCC2)c1. The molecule has 0 unspecified atom stereocenters. The van der Waals surface area contributed by atoms with Gasteiger partial charge >= 0.3 is 0 Å². The molecular formula is C18H24N2O3. The highest BCUT2D eigenvalue weighted by Crippen LogP contribution is 2.51. The number of methoxy groups -OCH3 is 1. The summed E-state index contributed by atoms with van der Waals surface area (Å²) in [5, 5.41) is 3.25. The molecule has 4 rings (SSSR count). The number of carbonyl (C=O) groups is 1. The number of hydrogen-bond donors (Lipinski definition) is 1. The lowest BCUT2D eigenvalue weighted by Gasteiger charge is -2.50. The van der Waals surface area contributed by atoms with E-state index in [1.807, 2.05) is 0 Å². The molecule has 5 heteroatoms. The van der Waals surface area contributed by atoms with Crippen LogP contribution in [0.25, 0.3) is 0 Å². The normalized spacial score (nSPS) is 33.1. The van der Waals surface area contributed by atoms with E-state index in [2.05, 4.69) is 10.3 Å². The fourth-order valence-corrected chi connectivity index (χ4v) is 4.75. The third-order valence-electron chi connectivity index (χ3n) is 5.88. The highest BCUT2D eigenvalue weighted by Gasteiger charge is 2.57. The summed E-state index contributed by atoms with van der Waals surface area (Å²) in [6.45, 7) is 0.836. The third kappa shape index (κ3) is 2.61. The van der Waals surface area contributed by atoms with Crippen molar-refractivity contribution in [1.29, 1.82) is 0 Å². The first kappa shape index (κ1) is 14.9. The van der Waals surface area contributed by atoms with Crippen LogP contribution in [0.2, 0.25) is 0 Å². The Morgan fingerprint density at radius 3 is 2.96 bits per heavy atom. The molecule has 0 radical (unpaired) electrons. The summed E-state index contributed by atoms with van der Waals surface area (Å²) < 4.78 is 11.1. The molecule has 3 fully saturated rings. The van der Waals surface area contributed by atoms with Crippen molar-refractivity contribution in [3.05, 3.63) is 24.0 Å². The van der Waals surface area contributed by atoms with E-state index in [0.717, 1.165) is 13.0 Å². The molecule has 0 aromatic carbocycles. The van der Waals surface area contributed by atoms with Crippen molar-refractivity contribution in [3.8, 4) is 5.75 Å². The van der Waals surface area contributed by atoms with Crippen molar-refractivity contribution in [2.75, 3.05) is 13.7 Å². The van der Waals surface area contributed by atoms with Crippen LogP contribution in [0.3, 0.4) is 0 Å². The Labute approximate surface area is 136 Å². The van der Waals surface area contributed by atoms with Crippen LogP contribution in [0.5, 0.6) is 5.75 Å². The monoisotopic (exact) mass is 316 g/mol. The number of ether oxygens (including phenoxy) is 2. The molecule has 5 nitrogen and oxygen atoms in total. The molecule has 2 aliphatic carbocycles. The predicted octanol–water partition coefficient (Wildman–Crippen LogP) is 2.41. The van der Waals surface area contributed by atoms with Crippen LogP contribution in [-0.2, 0) is 4.74 Å². The van der Waals surface area contributed by atoms with Gasteiger partial charge < -0.3 is 14.8 Å². The fourth-order valence-electron chi connectivity index (χ4n) is 4.75. The first-order chi connectivity index (χ1) is 11.3. The second kappa shape index (κ2) is 6.11. The molecule has 2 saturated carbocycles. The maximum Gasteiger partial charge on any atom is 0.270 e. The lowest BCUT2D eigenvalue weighted by Crippen LogP contribution is -2.63. The Balaban J connectivity index is 1.48. The maximum atomic E-state index is 12.6. The van der Waals surface area contributed by atoms with Gasteiger partial charge in [-0.05, 0) is 18.4 Å². The van der Waals surface area contributed by atoms with Crippen molar-refractivity contribution < 1.29 is 14.3 Å². The van der Waals surface area contributed by atoms with Gasteiger partial charge in [-0.1, -0.05) is 25.7 Å². The zero-order valence-corrected chi connectivity index (χ0v) is 13.5. The summed E-state index contributed by atoms with van der Waals surface area (Å²) in [4.78, 5) is 16.8. The van der Waals surface area contributed by atoms with Crippen molar-refractivity contribution in [2.45, 2.75) is 44.2 Å². The third-order valence-corrected chi connectivity index (χ3v) is 5.88. The maximum absolute atomic E-state index is 12.6. The summed E-state index contributed by atoms with van der Waals surface area (Å²) >= 11 is 0. The van der Waals surface area contributed by atoms with E-state index >= 15 is 0 Å². The lowest BCUT2D eigenvalue weighted by atomic mass is 9.61. The molecule has 3 aliphatic rings. The number of rotatable bonds is 4. The molecule has 4 atom stereocenters. The molecule has 0 spiro atoms. The van der Waals surface area contributed by atoms with E-state index in [0.29, 0.717) is 35.3 Å². The summed E-state index contributed by atoms with van der Waals surface area (Å²) in [5.74, 6) is 2.24. The van der Waals surface area contributed by atoms with Gasteiger partial charge in [0.2, 0.25) is 0 Å².